The normalized spacial score (nSPS) is 10.9. The summed E-state index contributed by atoms with van der Waals surface area (Å²) in [5.41, 5.74) is 2.64. The molecule has 0 saturated carbocycles. The number of hydrogen-bond donors (Lipinski definition) is 0. The lowest BCUT2D eigenvalue weighted by atomic mass is 10.1. The van der Waals surface area contributed by atoms with Gasteiger partial charge >= 0.3 is 6.01 Å². The van der Waals surface area contributed by atoms with E-state index in [0.29, 0.717) is 11.8 Å². The number of ether oxygens (including phenoxy) is 2. The molecule has 2 aromatic heterocycles. The first-order valence-electron chi connectivity index (χ1n) is 6.53. The van der Waals surface area contributed by atoms with Crippen LogP contribution in [0.3, 0.4) is 0 Å². The summed E-state index contributed by atoms with van der Waals surface area (Å²) in [7, 11) is 5.01. The van der Waals surface area contributed by atoms with Crippen LogP contribution in [0.2, 0.25) is 0 Å². The van der Waals surface area contributed by atoms with Gasteiger partial charge in [0.25, 0.3) is 0 Å². The van der Waals surface area contributed by atoms with Crippen molar-refractivity contribution in [3.05, 3.63) is 30.0 Å². The maximum Gasteiger partial charge on any atom is 0.314 e. The quantitative estimate of drug-likeness (QED) is 0.739. The smallest absolute Gasteiger partial charge is 0.314 e. The minimum atomic E-state index is 0.467. The zero-order valence-corrected chi connectivity index (χ0v) is 12.4. The molecule has 2 heterocycles. The second kappa shape index (κ2) is 5.05. The Morgan fingerprint density at radius 1 is 1.00 bits per heavy atom. The average Bonchev–Trinajstić information content (AvgIpc) is 2.86. The number of aromatic nitrogens is 4. The minimum Gasteiger partial charge on any atom is -0.494 e. The molecule has 21 heavy (non-hydrogen) atoms. The number of benzene rings is 1. The highest BCUT2D eigenvalue weighted by Crippen LogP contribution is 2.32. The lowest BCUT2D eigenvalue weighted by Gasteiger charge is -2.08. The van der Waals surface area contributed by atoms with Gasteiger partial charge in [0.05, 0.1) is 14.2 Å². The monoisotopic (exact) mass is 284 g/mol. The summed E-state index contributed by atoms with van der Waals surface area (Å²) in [6, 6.07) is 8.26. The third kappa shape index (κ3) is 2.18. The Bertz CT molecular complexity index is 811. The highest BCUT2D eigenvalue weighted by atomic mass is 16.5. The largest absolute Gasteiger partial charge is 0.494 e. The Kier molecular flexibility index (Phi) is 3.21. The number of hydrogen-bond acceptors (Lipinski definition) is 5. The van der Waals surface area contributed by atoms with Crippen LogP contribution >= 0.6 is 0 Å². The van der Waals surface area contributed by atoms with Gasteiger partial charge in [-0.25, -0.2) is 9.67 Å². The lowest BCUT2D eigenvalue weighted by molar-refractivity contribution is 0.359. The molecule has 0 radical (unpaired) electrons. The second-order valence-electron chi connectivity index (χ2n) is 4.71. The molecule has 0 spiro atoms. The van der Waals surface area contributed by atoms with Crippen LogP contribution < -0.4 is 9.47 Å². The summed E-state index contributed by atoms with van der Waals surface area (Å²) in [6.07, 6.45) is 0. The van der Waals surface area contributed by atoms with Gasteiger partial charge in [-0.05, 0) is 25.1 Å². The first-order chi connectivity index (χ1) is 10.1. The predicted octanol–water partition coefficient (Wildman–Crippen LogP) is 2.36. The van der Waals surface area contributed by atoms with E-state index in [1.54, 1.807) is 25.9 Å². The maximum absolute atomic E-state index is 5.39. The Hall–Kier alpha value is -2.63. The zero-order chi connectivity index (χ0) is 15.0. The van der Waals surface area contributed by atoms with E-state index in [9.17, 15) is 0 Å². The molecular weight excluding hydrogens is 268 g/mol. The van der Waals surface area contributed by atoms with Crippen molar-refractivity contribution in [3.8, 4) is 23.1 Å². The van der Waals surface area contributed by atoms with Crippen molar-refractivity contribution in [2.75, 3.05) is 14.2 Å². The number of aryl methyl sites for hydroxylation is 2. The van der Waals surface area contributed by atoms with Crippen molar-refractivity contribution in [2.45, 2.75) is 6.92 Å². The Balaban J connectivity index is 2.27. The van der Waals surface area contributed by atoms with Gasteiger partial charge in [0, 0.05) is 23.7 Å². The Labute approximate surface area is 122 Å². The van der Waals surface area contributed by atoms with E-state index in [-0.39, 0.29) is 0 Å². The molecule has 1 aromatic carbocycles. The van der Waals surface area contributed by atoms with Gasteiger partial charge in [0.2, 0.25) is 0 Å². The van der Waals surface area contributed by atoms with E-state index in [0.717, 1.165) is 27.9 Å². The Morgan fingerprint density at radius 3 is 2.48 bits per heavy atom. The molecule has 0 amide bonds. The standard InChI is InChI=1S/C15H16N4O2/c1-9-5-6-10-11(7-8-12(20-3)13(10)16-9)14-17-15(21-4)19(2)18-14/h5-8H,1-4H3. The fourth-order valence-electron chi connectivity index (χ4n) is 2.31. The van der Waals surface area contributed by atoms with Gasteiger partial charge < -0.3 is 9.47 Å². The van der Waals surface area contributed by atoms with Gasteiger partial charge in [0.15, 0.2) is 5.82 Å². The summed E-state index contributed by atoms with van der Waals surface area (Å²) < 4.78 is 12.2. The molecule has 0 unspecified atom stereocenters. The van der Waals surface area contributed by atoms with Crippen molar-refractivity contribution in [1.82, 2.24) is 19.7 Å². The fraction of sp³-hybridized carbons (Fsp3) is 0.267. The highest BCUT2D eigenvalue weighted by molar-refractivity contribution is 5.96. The number of nitrogens with zero attached hydrogens (tertiary/aromatic N) is 4. The third-order valence-electron chi connectivity index (χ3n) is 3.33. The van der Waals surface area contributed by atoms with Crippen LogP contribution in [-0.2, 0) is 7.05 Å². The van der Waals surface area contributed by atoms with Gasteiger partial charge in [-0.15, -0.1) is 5.10 Å². The van der Waals surface area contributed by atoms with Crippen molar-refractivity contribution >= 4 is 10.9 Å². The van der Waals surface area contributed by atoms with E-state index in [1.165, 1.54) is 0 Å². The topological polar surface area (TPSA) is 62.1 Å². The minimum absolute atomic E-state index is 0.467. The Morgan fingerprint density at radius 2 is 1.81 bits per heavy atom. The molecular formula is C15H16N4O2. The van der Waals surface area contributed by atoms with E-state index in [2.05, 4.69) is 15.1 Å². The van der Waals surface area contributed by atoms with Gasteiger partial charge in [0.1, 0.15) is 11.3 Å². The van der Waals surface area contributed by atoms with Gasteiger partial charge in [-0.1, -0.05) is 6.07 Å². The first kappa shape index (κ1) is 13.4. The molecule has 0 aliphatic carbocycles. The van der Waals surface area contributed by atoms with E-state index < -0.39 is 0 Å². The summed E-state index contributed by atoms with van der Waals surface area (Å²) >= 11 is 0. The van der Waals surface area contributed by atoms with Crippen LogP contribution in [0.4, 0.5) is 0 Å². The molecule has 3 aromatic rings. The van der Waals surface area contributed by atoms with Gasteiger partial charge in [-0.3, -0.25) is 0 Å². The van der Waals surface area contributed by atoms with Crippen molar-refractivity contribution in [2.24, 2.45) is 7.05 Å². The average molecular weight is 284 g/mol. The van der Waals surface area contributed by atoms with E-state index in [4.69, 9.17) is 9.47 Å². The van der Waals surface area contributed by atoms with Crippen LogP contribution in [0.1, 0.15) is 5.69 Å². The summed E-state index contributed by atoms with van der Waals surface area (Å²) in [4.78, 5) is 8.95. The number of rotatable bonds is 3. The molecule has 0 aliphatic rings. The van der Waals surface area contributed by atoms with Crippen LogP contribution in [0.25, 0.3) is 22.3 Å². The third-order valence-corrected chi connectivity index (χ3v) is 3.33. The first-order valence-corrected chi connectivity index (χ1v) is 6.53. The van der Waals surface area contributed by atoms with Crippen LogP contribution in [0.15, 0.2) is 24.3 Å². The molecule has 108 valence electrons. The number of methoxy groups -OCH3 is 2. The molecule has 0 fully saturated rings. The highest BCUT2D eigenvalue weighted by Gasteiger charge is 2.15. The lowest BCUT2D eigenvalue weighted by Crippen LogP contribution is -1.95. The molecule has 6 nitrogen and oxygen atoms in total. The molecule has 0 saturated heterocycles. The fourth-order valence-corrected chi connectivity index (χ4v) is 2.31. The maximum atomic E-state index is 5.39. The zero-order valence-electron chi connectivity index (χ0n) is 12.4. The SMILES string of the molecule is COc1ccc(-c2nc(OC)n(C)n2)c2ccc(C)nc12. The number of pyridine rings is 1. The van der Waals surface area contributed by atoms with Crippen LogP contribution in [0, 0.1) is 6.92 Å². The van der Waals surface area contributed by atoms with Gasteiger partial charge in [-0.2, -0.15) is 4.98 Å². The molecule has 0 aliphatic heterocycles. The molecule has 0 N–H and O–H groups in total. The molecule has 0 atom stereocenters. The molecule has 3 rings (SSSR count). The predicted molar refractivity (Wildman–Crippen MR) is 79.6 cm³/mol. The number of fused-ring (bicyclic) bond motifs is 1. The second-order valence-corrected chi connectivity index (χ2v) is 4.71. The van der Waals surface area contributed by atoms with Crippen LogP contribution in [0.5, 0.6) is 11.8 Å². The molecule has 6 heteroatoms. The summed E-state index contributed by atoms with van der Waals surface area (Å²) in [5.74, 6) is 1.34. The van der Waals surface area contributed by atoms with E-state index >= 15 is 0 Å². The summed E-state index contributed by atoms with van der Waals surface area (Å²) in [6.45, 7) is 1.95. The van der Waals surface area contributed by atoms with Crippen molar-refractivity contribution in [3.63, 3.8) is 0 Å². The summed E-state index contributed by atoms with van der Waals surface area (Å²) in [5, 5.41) is 5.34. The van der Waals surface area contributed by atoms with Crippen LogP contribution in [-0.4, -0.2) is 34.0 Å². The molecule has 0 bridgehead atoms. The van der Waals surface area contributed by atoms with Crippen molar-refractivity contribution < 1.29 is 9.47 Å². The van der Waals surface area contributed by atoms with E-state index in [1.807, 2.05) is 31.2 Å². The van der Waals surface area contributed by atoms with Crippen molar-refractivity contribution in [1.29, 1.82) is 0 Å².